The molecule has 24 heavy (non-hydrogen) atoms. The van der Waals surface area contributed by atoms with E-state index in [1.165, 1.54) is 23.3 Å². The predicted octanol–water partition coefficient (Wildman–Crippen LogP) is 4.40. The molecule has 0 bridgehead atoms. The summed E-state index contributed by atoms with van der Waals surface area (Å²) in [5.41, 5.74) is 4.39. The van der Waals surface area contributed by atoms with Crippen LogP contribution in [0.25, 0.3) is 0 Å². The van der Waals surface area contributed by atoms with Crippen molar-refractivity contribution in [3.8, 4) is 0 Å². The summed E-state index contributed by atoms with van der Waals surface area (Å²) in [7, 11) is 0. The van der Waals surface area contributed by atoms with Crippen molar-refractivity contribution in [2.45, 2.75) is 40.2 Å². The molecular formula is C19H22N2O3. The van der Waals surface area contributed by atoms with Gasteiger partial charge in [0.15, 0.2) is 0 Å². The molecule has 0 aromatic heterocycles. The van der Waals surface area contributed by atoms with Crippen LogP contribution < -0.4 is 5.32 Å². The molecule has 0 saturated carbocycles. The number of nitrogens with one attached hydrogen (secondary N) is 1. The van der Waals surface area contributed by atoms with Gasteiger partial charge in [-0.25, -0.2) is 0 Å². The van der Waals surface area contributed by atoms with Gasteiger partial charge in [0.05, 0.1) is 11.0 Å². The van der Waals surface area contributed by atoms with Crippen LogP contribution >= 0.6 is 0 Å². The fourth-order valence-electron chi connectivity index (χ4n) is 2.65. The van der Waals surface area contributed by atoms with Gasteiger partial charge in [0.2, 0.25) is 0 Å². The Morgan fingerprint density at radius 1 is 1.08 bits per heavy atom. The van der Waals surface area contributed by atoms with E-state index in [2.05, 4.69) is 24.4 Å². The number of nitro benzene ring substituents is 1. The summed E-state index contributed by atoms with van der Waals surface area (Å²) in [5, 5.41) is 13.9. The van der Waals surface area contributed by atoms with Crippen molar-refractivity contribution in [3.05, 3.63) is 74.3 Å². The van der Waals surface area contributed by atoms with Crippen molar-refractivity contribution in [3.63, 3.8) is 0 Å². The van der Waals surface area contributed by atoms with Crippen LogP contribution in [0.2, 0.25) is 0 Å². The molecule has 2 aromatic rings. The SMILES string of the molecule is CC[C@H](NC(=O)c1ccc([N+](=O)[O-])c(C)c1)c1ccc(C)c(C)c1. The summed E-state index contributed by atoms with van der Waals surface area (Å²) >= 11 is 0. The van der Waals surface area contributed by atoms with Gasteiger partial charge in [0.25, 0.3) is 11.6 Å². The van der Waals surface area contributed by atoms with Crippen molar-refractivity contribution in [2.24, 2.45) is 0 Å². The van der Waals surface area contributed by atoms with Gasteiger partial charge in [0.1, 0.15) is 0 Å². The number of benzene rings is 2. The average molecular weight is 326 g/mol. The largest absolute Gasteiger partial charge is 0.345 e. The van der Waals surface area contributed by atoms with E-state index >= 15 is 0 Å². The zero-order valence-corrected chi connectivity index (χ0v) is 14.4. The molecular weight excluding hydrogens is 304 g/mol. The van der Waals surface area contributed by atoms with Gasteiger partial charge in [-0.3, -0.25) is 14.9 Å². The third-order valence-corrected chi connectivity index (χ3v) is 4.30. The highest BCUT2D eigenvalue weighted by Crippen LogP contribution is 2.22. The highest BCUT2D eigenvalue weighted by atomic mass is 16.6. The van der Waals surface area contributed by atoms with Crippen molar-refractivity contribution in [2.75, 3.05) is 0 Å². The van der Waals surface area contributed by atoms with E-state index in [-0.39, 0.29) is 17.6 Å². The van der Waals surface area contributed by atoms with E-state index in [1.54, 1.807) is 13.0 Å². The molecule has 0 spiro atoms. The lowest BCUT2D eigenvalue weighted by molar-refractivity contribution is -0.385. The molecule has 2 aromatic carbocycles. The summed E-state index contributed by atoms with van der Waals surface area (Å²) in [4.78, 5) is 22.9. The molecule has 2 rings (SSSR count). The number of carbonyl (C=O) groups excluding carboxylic acids is 1. The first-order valence-corrected chi connectivity index (χ1v) is 7.96. The molecule has 0 aliphatic rings. The number of nitrogens with zero attached hydrogens (tertiary/aromatic N) is 1. The quantitative estimate of drug-likeness (QED) is 0.654. The second-order valence-corrected chi connectivity index (χ2v) is 6.04. The minimum absolute atomic E-state index is 0.0211. The normalized spacial score (nSPS) is 11.8. The second-order valence-electron chi connectivity index (χ2n) is 6.04. The van der Waals surface area contributed by atoms with Crippen molar-refractivity contribution in [1.82, 2.24) is 5.32 Å². The van der Waals surface area contributed by atoms with E-state index in [4.69, 9.17) is 0 Å². The highest BCUT2D eigenvalue weighted by molar-refractivity contribution is 5.95. The van der Waals surface area contributed by atoms with E-state index in [0.29, 0.717) is 11.1 Å². The molecule has 0 unspecified atom stereocenters. The first-order chi connectivity index (χ1) is 11.3. The summed E-state index contributed by atoms with van der Waals surface area (Å²) in [5.74, 6) is -0.224. The first kappa shape index (κ1) is 17.7. The van der Waals surface area contributed by atoms with E-state index in [1.807, 2.05) is 19.9 Å². The van der Waals surface area contributed by atoms with E-state index in [9.17, 15) is 14.9 Å². The summed E-state index contributed by atoms with van der Waals surface area (Å²) in [6.07, 6.45) is 0.764. The van der Waals surface area contributed by atoms with Crippen LogP contribution in [0.3, 0.4) is 0 Å². The Hall–Kier alpha value is -2.69. The molecule has 0 aliphatic carbocycles. The smallest absolute Gasteiger partial charge is 0.272 e. The molecule has 1 N–H and O–H groups in total. The number of nitro groups is 1. The van der Waals surface area contributed by atoms with Gasteiger partial charge < -0.3 is 5.32 Å². The molecule has 0 saturated heterocycles. The Labute approximate surface area is 141 Å². The molecule has 0 fully saturated rings. The lowest BCUT2D eigenvalue weighted by atomic mass is 9.99. The van der Waals surface area contributed by atoms with Crippen LogP contribution in [0.15, 0.2) is 36.4 Å². The van der Waals surface area contributed by atoms with Gasteiger partial charge in [-0.15, -0.1) is 0 Å². The standard InChI is InChI=1S/C19H22N2O3/c1-5-17(15-7-6-12(2)13(3)10-15)20-19(22)16-8-9-18(21(23)24)14(4)11-16/h6-11,17H,5H2,1-4H3,(H,20,22)/t17-/m0/s1. The predicted molar refractivity (Wildman–Crippen MR) is 94.2 cm³/mol. The second kappa shape index (κ2) is 7.25. The van der Waals surface area contributed by atoms with Crippen LogP contribution in [-0.2, 0) is 0 Å². The topological polar surface area (TPSA) is 72.2 Å². The summed E-state index contributed by atoms with van der Waals surface area (Å²) in [6.45, 7) is 7.75. The summed E-state index contributed by atoms with van der Waals surface area (Å²) in [6, 6.07) is 10.5. The van der Waals surface area contributed by atoms with Gasteiger partial charge >= 0.3 is 0 Å². The monoisotopic (exact) mass is 326 g/mol. The fourth-order valence-corrected chi connectivity index (χ4v) is 2.65. The minimum Gasteiger partial charge on any atom is -0.345 e. The molecule has 1 amide bonds. The Kier molecular flexibility index (Phi) is 5.34. The number of hydrogen-bond donors (Lipinski definition) is 1. The van der Waals surface area contributed by atoms with Crippen LogP contribution in [0.5, 0.6) is 0 Å². The summed E-state index contributed by atoms with van der Waals surface area (Å²) < 4.78 is 0. The molecule has 5 nitrogen and oxygen atoms in total. The highest BCUT2D eigenvalue weighted by Gasteiger charge is 2.17. The molecule has 0 heterocycles. The number of hydrogen-bond acceptors (Lipinski definition) is 3. The lowest BCUT2D eigenvalue weighted by Gasteiger charge is -2.19. The number of amides is 1. The van der Waals surface area contributed by atoms with Crippen molar-refractivity contribution in [1.29, 1.82) is 0 Å². The van der Waals surface area contributed by atoms with Crippen LogP contribution in [0.1, 0.15) is 52.0 Å². The zero-order valence-electron chi connectivity index (χ0n) is 14.4. The van der Waals surface area contributed by atoms with Gasteiger partial charge in [0, 0.05) is 17.2 Å². The molecule has 0 aliphatic heterocycles. The first-order valence-electron chi connectivity index (χ1n) is 7.96. The van der Waals surface area contributed by atoms with Crippen molar-refractivity contribution >= 4 is 11.6 Å². The molecule has 0 radical (unpaired) electrons. The fraction of sp³-hybridized carbons (Fsp3) is 0.316. The van der Waals surface area contributed by atoms with Crippen LogP contribution in [0.4, 0.5) is 5.69 Å². The third kappa shape index (κ3) is 3.79. The number of aryl methyl sites for hydroxylation is 3. The molecule has 1 atom stereocenters. The Morgan fingerprint density at radius 2 is 1.79 bits per heavy atom. The Morgan fingerprint density at radius 3 is 2.33 bits per heavy atom. The van der Waals surface area contributed by atoms with Gasteiger partial charge in [-0.1, -0.05) is 25.1 Å². The third-order valence-electron chi connectivity index (χ3n) is 4.30. The van der Waals surface area contributed by atoms with Gasteiger partial charge in [-0.2, -0.15) is 0 Å². The number of rotatable bonds is 5. The van der Waals surface area contributed by atoms with E-state index < -0.39 is 4.92 Å². The van der Waals surface area contributed by atoms with Crippen LogP contribution in [0, 0.1) is 30.9 Å². The zero-order chi connectivity index (χ0) is 17.9. The Bertz CT molecular complexity index is 784. The molecule has 5 heteroatoms. The molecule has 126 valence electrons. The number of carbonyl (C=O) groups is 1. The maximum absolute atomic E-state index is 12.5. The van der Waals surface area contributed by atoms with Gasteiger partial charge in [-0.05, 0) is 56.0 Å². The van der Waals surface area contributed by atoms with Crippen molar-refractivity contribution < 1.29 is 9.72 Å². The van der Waals surface area contributed by atoms with Crippen LogP contribution in [-0.4, -0.2) is 10.8 Å². The Balaban J connectivity index is 2.21. The maximum Gasteiger partial charge on any atom is 0.272 e. The maximum atomic E-state index is 12.5. The average Bonchev–Trinajstić information content (AvgIpc) is 2.54. The van der Waals surface area contributed by atoms with E-state index in [0.717, 1.165) is 12.0 Å². The lowest BCUT2D eigenvalue weighted by Crippen LogP contribution is -2.28. The minimum atomic E-state index is -0.444.